The molecule has 0 radical (unpaired) electrons. The summed E-state index contributed by atoms with van der Waals surface area (Å²) >= 11 is 1.77. The van der Waals surface area contributed by atoms with Gasteiger partial charge in [-0.3, -0.25) is 19.6 Å². The molecule has 8 nitrogen and oxygen atoms in total. The first-order chi connectivity index (χ1) is 17.2. The number of benzene rings is 1. The Balaban J connectivity index is 1.29. The summed E-state index contributed by atoms with van der Waals surface area (Å²) in [4.78, 5) is 39.7. The number of amides is 2. The first kappa shape index (κ1) is 25.1. The Morgan fingerprint density at radius 1 is 1.08 bits per heavy atom. The minimum Gasteiger partial charge on any atom is -0.444 e. The number of aryl methyl sites for hydroxylation is 1. The number of para-hydroxylation sites is 1. The highest BCUT2D eigenvalue weighted by Gasteiger charge is 2.45. The number of ether oxygens (including phenoxy) is 1. The lowest BCUT2D eigenvalue weighted by Gasteiger charge is -2.39. The molecule has 3 aliphatic rings. The van der Waals surface area contributed by atoms with E-state index in [4.69, 9.17) is 9.72 Å². The number of rotatable bonds is 3. The Morgan fingerprint density at radius 2 is 1.83 bits per heavy atom. The average Bonchev–Trinajstić information content (AvgIpc) is 3.53. The van der Waals surface area contributed by atoms with Gasteiger partial charge in [0, 0.05) is 67.8 Å². The molecule has 0 spiro atoms. The smallest absolute Gasteiger partial charge is 0.411 e. The topological polar surface area (TPSA) is 69.2 Å². The van der Waals surface area contributed by atoms with E-state index in [1.807, 2.05) is 38.7 Å². The van der Waals surface area contributed by atoms with Crippen LogP contribution in [0.4, 0.5) is 10.5 Å². The summed E-state index contributed by atoms with van der Waals surface area (Å²) < 4.78 is 5.71. The molecule has 4 heterocycles. The molecule has 194 valence electrons. The van der Waals surface area contributed by atoms with Gasteiger partial charge in [0.25, 0.3) is 0 Å². The number of hydrogen-bond donors (Lipinski definition) is 0. The molecule has 9 heteroatoms. The predicted molar refractivity (Wildman–Crippen MR) is 144 cm³/mol. The molecular formula is C27H37N5O3S. The minimum absolute atomic E-state index is 0.0609. The molecule has 0 aliphatic carbocycles. The number of thioether (sulfide) groups is 1. The van der Waals surface area contributed by atoms with Crippen LogP contribution in [0.2, 0.25) is 0 Å². The number of likely N-dealkylation sites (tertiary alicyclic amines) is 1. The Morgan fingerprint density at radius 3 is 2.53 bits per heavy atom. The fourth-order valence-corrected chi connectivity index (χ4v) is 6.46. The van der Waals surface area contributed by atoms with Crippen molar-refractivity contribution in [1.82, 2.24) is 19.7 Å². The average molecular weight is 512 g/mol. The zero-order chi connectivity index (χ0) is 25.4. The molecule has 0 bridgehead atoms. The van der Waals surface area contributed by atoms with Crippen LogP contribution in [0.15, 0.2) is 30.3 Å². The lowest BCUT2D eigenvalue weighted by Crippen LogP contribution is -2.51. The third-order valence-electron chi connectivity index (χ3n) is 7.25. The van der Waals surface area contributed by atoms with Crippen LogP contribution in [0.5, 0.6) is 0 Å². The van der Waals surface area contributed by atoms with Crippen LogP contribution >= 0.6 is 11.8 Å². The summed E-state index contributed by atoms with van der Waals surface area (Å²) in [5.74, 6) is 1.73. The van der Waals surface area contributed by atoms with E-state index in [-0.39, 0.29) is 18.0 Å². The van der Waals surface area contributed by atoms with E-state index in [1.165, 1.54) is 11.1 Å². The van der Waals surface area contributed by atoms with Gasteiger partial charge in [-0.2, -0.15) is 0 Å². The van der Waals surface area contributed by atoms with Gasteiger partial charge >= 0.3 is 6.09 Å². The van der Waals surface area contributed by atoms with Gasteiger partial charge in [-0.1, -0.05) is 18.2 Å². The van der Waals surface area contributed by atoms with Crippen molar-refractivity contribution in [2.24, 2.45) is 0 Å². The predicted octanol–water partition coefficient (Wildman–Crippen LogP) is 3.58. The van der Waals surface area contributed by atoms with Gasteiger partial charge in [-0.05, 0) is 46.2 Å². The van der Waals surface area contributed by atoms with Crippen molar-refractivity contribution in [2.75, 3.05) is 55.8 Å². The largest absolute Gasteiger partial charge is 0.444 e. The third kappa shape index (κ3) is 5.27. The number of fused-ring (bicyclic) bond motifs is 1. The highest BCUT2D eigenvalue weighted by atomic mass is 32.2. The molecule has 3 saturated heterocycles. The maximum atomic E-state index is 13.4. The lowest BCUT2D eigenvalue weighted by atomic mass is 10.1. The summed E-state index contributed by atoms with van der Waals surface area (Å²) in [6, 6.07) is 10.2. The Labute approximate surface area is 217 Å². The summed E-state index contributed by atoms with van der Waals surface area (Å²) in [7, 11) is 0. The van der Waals surface area contributed by atoms with Gasteiger partial charge < -0.3 is 14.5 Å². The van der Waals surface area contributed by atoms with Crippen molar-refractivity contribution in [1.29, 1.82) is 0 Å². The summed E-state index contributed by atoms with van der Waals surface area (Å²) in [5.41, 5.74) is 2.69. The second-order valence-corrected chi connectivity index (χ2v) is 12.1. The number of nitrogens with zero attached hydrogens (tertiary/aromatic N) is 5. The SMILES string of the molecule is Cc1cc(N2CCN([C@H]3C[C@@H](C(=O)N4CCSC4)N(C(=O)OC(C)(C)C)C3)CC2)c2ccccc2n1. The molecule has 3 fully saturated rings. The summed E-state index contributed by atoms with van der Waals surface area (Å²) in [5, 5.41) is 1.18. The van der Waals surface area contributed by atoms with Gasteiger partial charge in [-0.15, -0.1) is 11.8 Å². The first-order valence-electron chi connectivity index (χ1n) is 12.9. The number of aromatic nitrogens is 1. The standard InChI is InChI=1S/C27H37N5O3S/c1-19-15-23(21-7-5-6-8-22(21)28-19)30-11-9-29(10-12-30)20-16-24(25(33)31-13-14-36-18-31)32(17-20)26(34)35-27(2,3)4/h5-8,15,20,24H,9-14,16-18H2,1-4H3/t20-,24-/m0/s1. The Bertz CT molecular complexity index is 1120. The van der Waals surface area contributed by atoms with Crippen LogP contribution in [-0.4, -0.2) is 100 Å². The third-order valence-corrected chi connectivity index (χ3v) is 8.22. The van der Waals surface area contributed by atoms with Crippen molar-refractivity contribution in [2.45, 2.75) is 51.8 Å². The summed E-state index contributed by atoms with van der Waals surface area (Å²) in [6.45, 7) is 12.5. The fourth-order valence-electron chi connectivity index (χ4n) is 5.51. The van der Waals surface area contributed by atoms with E-state index in [1.54, 1.807) is 16.7 Å². The zero-order valence-electron chi connectivity index (χ0n) is 21.8. The highest BCUT2D eigenvalue weighted by Crippen LogP contribution is 2.31. The van der Waals surface area contributed by atoms with Crippen LogP contribution in [0.25, 0.3) is 10.9 Å². The molecule has 0 saturated carbocycles. The van der Waals surface area contributed by atoms with E-state index in [0.717, 1.165) is 49.7 Å². The minimum atomic E-state index is -0.594. The molecule has 0 unspecified atom stereocenters. The molecule has 0 N–H and O–H groups in total. The number of hydrogen-bond acceptors (Lipinski definition) is 7. The maximum absolute atomic E-state index is 13.4. The van der Waals surface area contributed by atoms with Crippen molar-refractivity contribution in [3.05, 3.63) is 36.0 Å². The van der Waals surface area contributed by atoms with Gasteiger partial charge in [0.05, 0.1) is 11.4 Å². The van der Waals surface area contributed by atoms with E-state index in [9.17, 15) is 9.59 Å². The van der Waals surface area contributed by atoms with E-state index in [2.05, 4.69) is 34.1 Å². The van der Waals surface area contributed by atoms with Gasteiger partial charge in [0.15, 0.2) is 0 Å². The van der Waals surface area contributed by atoms with Gasteiger partial charge in [-0.25, -0.2) is 4.79 Å². The van der Waals surface area contributed by atoms with E-state index in [0.29, 0.717) is 18.8 Å². The maximum Gasteiger partial charge on any atom is 0.411 e. The number of anilines is 1. The Kier molecular flexibility index (Phi) is 7.05. The lowest BCUT2D eigenvalue weighted by molar-refractivity contribution is -0.134. The highest BCUT2D eigenvalue weighted by molar-refractivity contribution is 7.99. The van der Waals surface area contributed by atoms with Crippen LogP contribution in [0.1, 0.15) is 32.9 Å². The van der Waals surface area contributed by atoms with Crippen LogP contribution in [0.3, 0.4) is 0 Å². The fraction of sp³-hybridized carbons (Fsp3) is 0.593. The zero-order valence-corrected chi connectivity index (χ0v) is 22.6. The number of piperazine rings is 1. The first-order valence-corrected chi connectivity index (χ1v) is 14.1. The number of carbonyl (C=O) groups excluding carboxylic acids is 2. The van der Waals surface area contributed by atoms with E-state index >= 15 is 0 Å². The Hall–Kier alpha value is -2.52. The second kappa shape index (κ2) is 10.1. The van der Waals surface area contributed by atoms with Crippen LogP contribution in [0, 0.1) is 6.92 Å². The van der Waals surface area contributed by atoms with Crippen molar-refractivity contribution >= 4 is 40.4 Å². The summed E-state index contributed by atoms with van der Waals surface area (Å²) in [6.07, 6.45) is 0.281. The number of pyridine rings is 1. The molecule has 1 aromatic carbocycles. The van der Waals surface area contributed by atoms with Crippen molar-refractivity contribution < 1.29 is 14.3 Å². The number of carbonyl (C=O) groups is 2. The molecule has 2 amide bonds. The van der Waals surface area contributed by atoms with Gasteiger partial charge in [0.2, 0.25) is 5.91 Å². The molecule has 3 aliphatic heterocycles. The van der Waals surface area contributed by atoms with Crippen molar-refractivity contribution in [3.63, 3.8) is 0 Å². The monoisotopic (exact) mass is 511 g/mol. The van der Waals surface area contributed by atoms with Gasteiger partial charge in [0.1, 0.15) is 11.6 Å². The van der Waals surface area contributed by atoms with Crippen LogP contribution in [-0.2, 0) is 9.53 Å². The van der Waals surface area contributed by atoms with Crippen molar-refractivity contribution in [3.8, 4) is 0 Å². The normalized spacial score (nSPS) is 23.5. The molecule has 5 rings (SSSR count). The molecule has 1 aromatic heterocycles. The molecular weight excluding hydrogens is 474 g/mol. The van der Waals surface area contributed by atoms with Crippen LogP contribution < -0.4 is 4.90 Å². The molecule has 2 aromatic rings. The second-order valence-electron chi connectivity index (χ2n) is 11.0. The van der Waals surface area contributed by atoms with E-state index < -0.39 is 11.6 Å². The molecule has 36 heavy (non-hydrogen) atoms. The molecule has 2 atom stereocenters. The quantitative estimate of drug-likeness (QED) is 0.624.